The van der Waals surface area contributed by atoms with E-state index in [0.29, 0.717) is 11.4 Å². The highest BCUT2D eigenvalue weighted by molar-refractivity contribution is 5.88. The second-order valence-electron chi connectivity index (χ2n) is 5.94. The van der Waals surface area contributed by atoms with Gasteiger partial charge in [-0.2, -0.15) is 0 Å². The van der Waals surface area contributed by atoms with E-state index in [9.17, 15) is 9.59 Å². The predicted octanol–water partition coefficient (Wildman–Crippen LogP) is 3.79. The van der Waals surface area contributed by atoms with Crippen LogP contribution in [0.5, 0.6) is 0 Å². The van der Waals surface area contributed by atoms with Crippen LogP contribution >= 0.6 is 0 Å². The number of benzene rings is 1. The molecule has 23 heavy (non-hydrogen) atoms. The Balaban J connectivity index is 2.07. The number of nitrogens with zero attached hydrogens (tertiary/aromatic N) is 1. The topological polar surface area (TPSA) is 88.5 Å². The molecule has 1 amide bonds. The number of rotatable bonds is 3. The van der Waals surface area contributed by atoms with Crippen LogP contribution in [0.4, 0.5) is 10.5 Å². The SMILES string of the molecule is CC(C)(C)OC(=O)Nc1ccc(-c2ccc(C(=O)O)cc2)nc1. The van der Waals surface area contributed by atoms with E-state index in [1.165, 1.54) is 18.3 Å². The summed E-state index contributed by atoms with van der Waals surface area (Å²) in [5.41, 5.74) is 1.64. The van der Waals surface area contributed by atoms with Crippen molar-refractivity contribution < 1.29 is 19.4 Å². The zero-order chi connectivity index (χ0) is 17.0. The Bertz CT molecular complexity index is 701. The first-order chi connectivity index (χ1) is 10.7. The Morgan fingerprint density at radius 1 is 1.09 bits per heavy atom. The standard InChI is InChI=1S/C17H18N2O4/c1-17(2,3)23-16(22)19-13-8-9-14(18-10-13)11-4-6-12(7-5-11)15(20)21/h4-10H,1-3H3,(H,19,22)(H,20,21). The van der Waals surface area contributed by atoms with Crippen molar-refractivity contribution in [2.45, 2.75) is 26.4 Å². The number of ether oxygens (including phenoxy) is 1. The predicted molar refractivity (Wildman–Crippen MR) is 86.5 cm³/mol. The van der Waals surface area contributed by atoms with E-state index in [1.807, 2.05) is 0 Å². The fourth-order valence-electron chi connectivity index (χ4n) is 1.84. The van der Waals surface area contributed by atoms with Gasteiger partial charge in [0.25, 0.3) is 0 Å². The number of carbonyl (C=O) groups excluding carboxylic acids is 1. The van der Waals surface area contributed by atoms with Gasteiger partial charge in [0, 0.05) is 5.56 Å². The third-order valence-corrected chi connectivity index (χ3v) is 2.84. The lowest BCUT2D eigenvalue weighted by atomic mass is 10.1. The van der Waals surface area contributed by atoms with Crippen molar-refractivity contribution >= 4 is 17.7 Å². The molecule has 0 unspecified atom stereocenters. The Kier molecular flexibility index (Phi) is 4.64. The molecular weight excluding hydrogens is 296 g/mol. The zero-order valence-corrected chi connectivity index (χ0v) is 13.2. The molecule has 0 spiro atoms. The van der Waals surface area contributed by atoms with Crippen molar-refractivity contribution in [3.63, 3.8) is 0 Å². The van der Waals surface area contributed by atoms with E-state index >= 15 is 0 Å². The molecule has 0 saturated carbocycles. The summed E-state index contributed by atoms with van der Waals surface area (Å²) in [6.45, 7) is 5.36. The first kappa shape index (κ1) is 16.5. The summed E-state index contributed by atoms with van der Waals surface area (Å²) in [4.78, 5) is 26.8. The summed E-state index contributed by atoms with van der Waals surface area (Å²) >= 11 is 0. The molecule has 0 aliphatic rings. The van der Waals surface area contributed by atoms with Gasteiger partial charge in [-0.1, -0.05) is 12.1 Å². The van der Waals surface area contributed by atoms with Gasteiger partial charge in [-0.15, -0.1) is 0 Å². The Morgan fingerprint density at radius 3 is 2.22 bits per heavy atom. The van der Waals surface area contributed by atoms with Gasteiger partial charge >= 0.3 is 12.1 Å². The molecule has 6 nitrogen and oxygen atoms in total. The van der Waals surface area contributed by atoms with Gasteiger partial charge in [0.05, 0.1) is 23.1 Å². The molecule has 2 rings (SSSR count). The lowest BCUT2D eigenvalue weighted by Gasteiger charge is -2.19. The number of aromatic nitrogens is 1. The maximum Gasteiger partial charge on any atom is 0.412 e. The van der Waals surface area contributed by atoms with Crippen LogP contribution in [0, 0.1) is 0 Å². The maximum absolute atomic E-state index is 11.7. The van der Waals surface area contributed by atoms with Crippen molar-refractivity contribution in [3.05, 3.63) is 48.2 Å². The number of aromatic carboxylic acids is 1. The van der Waals surface area contributed by atoms with Crippen LogP contribution in [-0.2, 0) is 4.74 Å². The quantitative estimate of drug-likeness (QED) is 0.899. The van der Waals surface area contributed by atoms with Crippen molar-refractivity contribution in [3.8, 4) is 11.3 Å². The Labute approximate surface area is 134 Å². The molecule has 0 radical (unpaired) electrons. The number of hydrogen-bond acceptors (Lipinski definition) is 4. The summed E-state index contributed by atoms with van der Waals surface area (Å²) in [6.07, 6.45) is 0.975. The second-order valence-corrected chi connectivity index (χ2v) is 5.94. The van der Waals surface area contributed by atoms with Crippen molar-refractivity contribution in [2.24, 2.45) is 0 Å². The first-order valence-electron chi connectivity index (χ1n) is 7.04. The summed E-state index contributed by atoms with van der Waals surface area (Å²) in [6, 6.07) is 9.86. The van der Waals surface area contributed by atoms with Gasteiger partial charge in [0.1, 0.15) is 5.60 Å². The Morgan fingerprint density at radius 2 is 1.74 bits per heavy atom. The number of nitrogens with one attached hydrogen (secondary N) is 1. The van der Waals surface area contributed by atoms with Crippen molar-refractivity contribution in [1.29, 1.82) is 0 Å². The van der Waals surface area contributed by atoms with E-state index in [-0.39, 0.29) is 5.56 Å². The van der Waals surface area contributed by atoms with E-state index in [2.05, 4.69) is 10.3 Å². The minimum atomic E-state index is -0.971. The summed E-state index contributed by atoms with van der Waals surface area (Å²) in [7, 11) is 0. The average Bonchev–Trinajstić information content (AvgIpc) is 2.46. The number of carboxylic acids is 1. The highest BCUT2D eigenvalue weighted by atomic mass is 16.6. The molecule has 1 heterocycles. The van der Waals surface area contributed by atoms with E-state index in [1.54, 1.807) is 45.0 Å². The van der Waals surface area contributed by atoms with Crippen LogP contribution in [0.1, 0.15) is 31.1 Å². The fourth-order valence-corrected chi connectivity index (χ4v) is 1.84. The number of carboxylic acid groups (broad SMARTS) is 1. The Hall–Kier alpha value is -2.89. The summed E-state index contributed by atoms with van der Waals surface area (Å²) in [5, 5.41) is 11.5. The van der Waals surface area contributed by atoms with Gasteiger partial charge in [0.15, 0.2) is 0 Å². The maximum atomic E-state index is 11.7. The molecule has 1 aromatic carbocycles. The van der Waals surface area contributed by atoms with Crippen LogP contribution in [0.2, 0.25) is 0 Å². The van der Waals surface area contributed by atoms with Crippen LogP contribution in [0.15, 0.2) is 42.6 Å². The molecular formula is C17H18N2O4. The van der Waals surface area contributed by atoms with E-state index in [0.717, 1.165) is 5.56 Å². The third-order valence-electron chi connectivity index (χ3n) is 2.84. The minimum absolute atomic E-state index is 0.219. The van der Waals surface area contributed by atoms with Crippen LogP contribution in [0.25, 0.3) is 11.3 Å². The zero-order valence-electron chi connectivity index (χ0n) is 13.2. The highest BCUT2D eigenvalue weighted by Gasteiger charge is 2.16. The van der Waals surface area contributed by atoms with Crippen LogP contribution < -0.4 is 5.32 Å². The molecule has 2 N–H and O–H groups in total. The van der Waals surface area contributed by atoms with Crippen LogP contribution in [0.3, 0.4) is 0 Å². The normalized spacial score (nSPS) is 10.9. The highest BCUT2D eigenvalue weighted by Crippen LogP contribution is 2.19. The molecule has 0 atom stereocenters. The van der Waals surface area contributed by atoms with Gasteiger partial charge in [-0.25, -0.2) is 9.59 Å². The summed E-state index contributed by atoms with van der Waals surface area (Å²) < 4.78 is 5.16. The largest absolute Gasteiger partial charge is 0.478 e. The minimum Gasteiger partial charge on any atom is -0.478 e. The smallest absolute Gasteiger partial charge is 0.412 e. The molecule has 0 fully saturated rings. The van der Waals surface area contributed by atoms with Gasteiger partial charge in [0.2, 0.25) is 0 Å². The van der Waals surface area contributed by atoms with Gasteiger partial charge in [-0.3, -0.25) is 10.3 Å². The van der Waals surface area contributed by atoms with Gasteiger partial charge in [-0.05, 0) is 45.0 Å². The molecule has 0 aliphatic heterocycles. The first-order valence-corrected chi connectivity index (χ1v) is 7.04. The van der Waals surface area contributed by atoms with Gasteiger partial charge < -0.3 is 9.84 Å². The van der Waals surface area contributed by atoms with Crippen LogP contribution in [-0.4, -0.2) is 27.8 Å². The molecule has 1 aromatic heterocycles. The monoisotopic (exact) mass is 314 g/mol. The lowest BCUT2D eigenvalue weighted by Crippen LogP contribution is -2.27. The molecule has 120 valence electrons. The van der Waals surface area contributed by atoms with E-state index < -0.39 is 17.7 Å². The molecule has 0 bridgehead atoms. The average molecular weight is 314 g/mol. The number of pyridine rings is 1. The molecule has 0 aliphatic carbocycles. The number of hydrogen-bond donors (Lipinski definition) is 2. The second kappa shape index (κ2) is 6.48. The number of carbonyl (C=O) groups is 2. The number of anilines is 1. The molecule has 2 aromatic rings. The van der Waals surface area contributed by atoms with Crippen molar-refractivity contribution in [2.75, 3.05) is 5.32 Å². The lowest BCUT2D eigenvalue weighted by molar-refractivity contribution is 0.0634. The third kappa shape index (κ3) is 4.81. The molecule has 0 saturated heterocycles. The fraction of sp³-hybridized carbons (Fsp3) is 0.235. The van der Waals surface area contributed by atoms with Crippen molar-refractivity contribution in [1.82, 2.24) is 4.98 Å². The summed E-state index contributed by atoms with van der Waals surface area (Å²) in [5.74, 6) is -0.971. The molecule has 6 heteroatoms. The van der Waals surface area contributed by atoms with E-state index in [4.69, 9.17) is 9.84 Å². The number of amides is 1.